The number of ether oxygens (including phenoxy) is 2. The normalized spacial score (nSPS) is 19.7. The van der Waals surface area contributed by atoms with Gasteiger partial charge in [0.05, 0.1) is 7.11 Å². The zero-order chi connectivity index (χ0) is 16.0. The minimum Gasteiger partial charge on any atom is -0.468 e. The molecule has 7 nitrogen and oxygen atoms in total. The lowest BCUT2D eigenvalue weighted by Gasteiger charge is -2.25. The number of amides is 2. The molecule has 1 unspecified atom stereocenters. The molecule has 0 spiro atoms. The van der Waals surface area contributed by atoms with Gasteiger partial charge in [0.25, 0.3) is 0 Å². The molecule has 1 heterocycles. The van der Waals surface area contributed by atoms with Crippen LogP contribution in [-0.4, -0.2) is 66.2 Å². The van der Waals surface area contributed by atoms with E-state index >= 15 is 0 Å². The van der Waals surface area contributed by atoms with Crippen molar-refractivity contribution in [3.8, 4) is 0 Å². The van der Waals surface area contributed by atoms with Crippen LogP contribution in [0.25, 0.3) is 0 Å². The Bertz CT molecular complexity index is 408. The van der Waals surface area contributed by atoms with Crippen LogP contribution in [0.2, 0.25) is 0 Å². The summed E-state index contributed by atoms with van der Waals surface area (Å²) in [4.78, 5) is 36.8. The topological polar surface area (TPSA) is 84.9 Å². The number of carbonyl (C=O) groups excluding carboxylic acids is 3. The van der Waals surface area contributed by atoms with Crippen LogP contribution in [0.5, 0.6) is 0 Å². The van der Waals surface area contributed by atoms with E-state index in [1.165, 1.54) is 12.0 Å². The predicted octanol–water partition coefficient (Wildman–Crippen LogP) is 0.628. The summed E-state index contributed by atoms with van der Waals surface area (Å²) in [6.07, 6.45) is -0.638. The van der Waals surface area contributed by atoms with Crippen LogP contribution in [0.4, 0.5) is 4.79 Å². The highest BCUT2D eigenvalue weighted by Crippen LogP contribution is 2.13. The molecule has 0 aromatic rings. The molecule has 1 N–H and O–H groups in total. The Balaban J connectivity index is 2.65. The van der Waals surface area contributed by atoms with Crippen LogP contribution in [-0.2, 0) is 19.1 Å². The third kappa shape index (κ3) is 6.24. The standard InChI is InChI=1S/C13H22N2O5S/c1-13(2,3)20-12(18)14-9-8-21-6-5-15(11(9)17)7-10(16)19-4/h9H,5-8H2,1-4H3,(H,14,18). The molecule has 1 rings (SSSR count). The number of methoxy groups -OCH3 is 1. The van der Waals surface area contributed by atoms with Gasteiger partial charge in [-0.3, -0.25) is 9.59 Å². The van der Waals surface area contributed by atoms with Gasteiger partial charge in [0, 0.05) is 18.1 Å². The van der Waals surface area contributed by atoms with E-state index in [4.69, 9.17) is 4.74 Å². The molecule has 8 heteroatoms. The number of hydrogen-bond donors (Lipinski definition) is 1. The Morgan fingerprint density at radius 1 is 1.43 bits per heavy atom. The molecule has 1 aliphatic heterocycles. The quantitative estimate of drug-likeness (QED) is 0.768. The van der Waals surface area contributed by atoms with Gasteiger partial charge in [-0.25, -0.2) is 4.79 Å². The fraction of sp³-hybridized carbons (Fsp3) is 0.769. The Morgan fingerprint density at radius 3 is 2.67 bits per heavy atom. The van der Waals surface area contributed by atoms with Crippen molar-refractivity contribution in [2.75, 3.05) is 31.7 Å². The number of carbonyl (C=O) groups is 3. The van der Waals surface area contributed by atoms with Gasteiger partial charge in [-0.05, 0) is 20.8 Å². The van der Waals surface area contributed by atoms with Crippen molar-refractivity contribution in [1.29, 1.82) is 0 Å². The van der Waals surface area contributed by atoms with E-state index in [0.29, 0.717) is 18.1 Å². The maximum Gasteiger partial charge on any atom is 0.408 e. The molecular formula is C13H22N2O5S. The van der Waals surface area contributed by atoms with Gasteiger partial charge in [0.1, 0.15) is 18.2 Å². The van der Waals surface area contributed by atoms with Crippen molar-refractivity contribution in [2.45, 2.75) is 32.4 Å². The largest absolute Gasteiger partial charge is 0.468 e. The molecule has 0 aromatic heterocycles. The van der Waals surface area contributed by atoms with Gasteiger partial charge in [0.15, 0.2) is 0 Å². The molecule has 0 saturated carbocycles. The monoisotopic (exact) mass is 318 g/mol. The lowest BCUT2D eigenvalue weighted by Crippen LogP contribution is -2.51. The molecule has 1 fully saturated rings. The minimum atomic E-state index is -0.697. The van der Waals surface area contributed by atoms with Gasteiger partial charge >= 0.3 is 12.1 Å². The second-order valence-electron chi connectivity index (χ2n) is 5.61. The van der Waals surface area contributed by atoms with Gasteiger partial charge < -0.3 is 19.7 Å². The highest BCUT2D eigenvalue weighted by atomic mass is 32.2. The van der Waals surface area contributed by atoms with E-state index in [0.717, 1.165) is 0 Å². The molecule has 0 radical (unpaired) electrons. The van der Waals surface area contributed by atoms with Crippen LogP contribution in [0.15, 0.2) is 0 Å². The number of nitrogens with zero attached hydrogens (tertiary/aromatic N) is 1. The van der Waals surface area contributed by atoms with Gasteiger partial charge in [-0.15, -0.1) is 0 Å². The third-order valence-electron chi connectivity index (χ3n) is 2.64. The van der Waals surface area contributed by atoms with Crippen molar-refractivity contribution >= 4 is 29.7 Å². The number of nitrogens with one attached hydrogen (secondary N) is 1. The van der Waals surface area contributed by atoms with Gasteiger partial charge in [-0.2, -0.15) is 11.8 Å². The van der Waals surface area contributed by atoms with Crippen LogP contribution in [0, 0.1) is 0 Å². The minimum absolute atomic E-state index is 0.109. The fourth-order valence-corrected chi connectivity index (χ4v) is 2.69. The molecule has 0 bridgehead atoms. The first-order chi connectivity index (χ1) is 9.73. The van der Waals surface area contributed by atoms with E-state index in [1.807, 2.05) is 0 Å². The van der Waals surface area contributed by atoms with Crippen LogP contribution in [0.1, 0.15) is 20.8 Å². The highest BCUT2D eigenvalue weighted by molar-refractivity contribution is 7.99. The number of alkyl carbamates (subject to hydrolysis) is 1. The molecular weight excluding hydrogens is 296 g/mol. The molecule has 0 aromatic carbocycles. The fourth-order valence-electron chi connectivity index (χ4n) is 1.71. The summed E-state index contributed by atoms with van der Waals surface area (Å²) in [5.74, 6) is 0.382. The van der Waals surface area contributed by atoms with E-state index in [2.05, 4.69) is 10.1 Å². The number of thioether (sulfide) groups is 1. The summed E-state index contributed by atoms with van der Waals surface area (Å²) in [5.41, 5.74) is -0.628. The Kier molecular flexibility index (Phi) is 6.32. The summed E-state index contributed by atoms with van der Waals surface area (Å²) in [6.45, 7) is 5.59. The van der Waals surface area contributed by atoms with Crippen molar-refractivity contribution in [3.63, 3.8) is 0 Å². The average Bonchev–Trinajstić information content (AvgIpc) is 2.52. The highest BCUT2D eigenvalue weighted by Gasteiger charge is 2.31. The van der Waals surface area contributed by atoms with Crippen LogP contribution < -0.4 is 5.32 Å². The van der Waals surface area contributed by atoms with Crippen molar-refractivity contribution in [1.82, 2.24) is 10.2 Å². The zero-order valence-corrected chi connectivity index (χ0v) is 13.6. The maximum absolute atomic E-state index is 12.3. The molecule has 1 aliphatic rings. The third-order valence-corrected chi connectivity index (χ3v) is 3.68. The lowest BCUT2D eigenvalue weighted by atomic mass is 10.2. The molecule has 21 heavy (non-hydrogen) atoms. The predicted molar refractivity (Wildman–Crippen MR) is 79.1 cm³/mol. The first-order valence-electron chi connectivity index (χ1n) is 6.66. The smallest absolute Gasteiger partial charge is 0.408 e. The first-order valence-corrected chi connectivity index (χ1v) is 7.81. The van der Waals surface area contributed by atoms with E-state index in [9.17, 15) is 14.4 Å². The summed E-state index contributed by atoms with van der Waals surface area (Å²) < 4.78 is 9.72. The Labute approximate surface area is 128 Å². The summed E-state index contributed by atoms with van der Waals surface area (Å²) in [5, 5.41) is 2.56. The molecule has 0 aliphatic carbocycles. The Hall–Kier alpha value is -1.44. The second-order valence-corrected chi connectivity index (χ2v) is 6.76. The molecule has 120 valence electrons. The van der Waals surface area contributed by atoms with Gasteiger partial charge in [-0.1, -0.05) is 0 Å². The zero-order valence-electron chi connectivity index (χ0n) is 12.8. The van der Waals surface area contributed by atoms with Crippen molar-refractivity contribution in [2.24, 2.45) is 0 Å². The van der Waals surface area contributed by atoms with Crippen LogP contribution in [0.3, 0.4) is 0 Å². The molecule has 1 saturated heterocycles. The summed E-state index contributed by atoms with van der Waals surface area (Å²) in [7, 11) is 1.27. The summed E-state index contributed by atoms with van der Waals surface area (Å²) in [6, 6.07) is -0.697. The first kappa shape index (κ1) is 17.6. The SMILES string of the molecule is COC(=O)CN1CCSCC(NC(=O)OC(C)(C)C)C1=O. The number of rotatable bonds is 3. The van der Waals surface area contributed by atoms with E-state index in [1.54, 1.807) is 32.5 Å². The number of esters is 1. The van der Waals surface area contributed by atoms with E-state index < -0.39 is 23.7 Å². The van der Waals surface area contributed by atoms with Gasteiger partial charge in [0.2, 0.25) is 5.91 Å². The molecule has 1 atom stereocenters. The average molecular weight is 318 g/mol. The lowest BCUT2D eigenvalue weighted by molar-refractivity contribution is -0.147. The van der Waals surface area contributed by atoms with Crippen LogP contribution >= 0.6 is 11.8 Å². The second kappa shape index (κ2) is 7.53. The molecule has 2 amide bonds. The van der Waals surface area contributed by atoms with Crippen molar-refractivity contribution in [3.05, 3.63) is 0 Å². The Morgan fingerprint density at radius 2 is 2.10 bits per heavy atom. The number of hydrogen-bond acceptors (Lipinski definition) is 6. The van der Waals surface area contributed by atoms with E-state index in [-0.39, 0.29) is 12.5 Å². The summed E-state index contributed by atoms with van der Waals surface area (Å²) >= 11 is 1.54. The van der Waals surface area contributed by atoms with Crippen molar-refractivity contribution < 1.29 is 23.9 Å². The maximum atomic E-state index is 12.3.